The fourth-order valence-corrected chi connectivity index (χ4v) is 7.20. The summed E-state index contributed by atoms with van der Waals surface area (Å²) in [7, 11) is 0. The molecule has 0 spiro atoms. The number of ether oxygens (including phenoxy) is 5. The Bertz CT molecular complexity index is 1680. The van der Waals surface area contributed by atoms with Gasteiger partial charge in [-0.1, -0.05) is 152 Å². The zero-order valence-corrected chi connectivity index (χ0v) is 27.8. The maximum absolute atomic E-state index is 12.8. The van der Waals surface area contributed by atoms with E-state index in [0.717, 1.165) is 27.8 Å². The number of aliphatic hydroxyl groups is 1. The monoisotopic (exact) mass is 656 g/mol. The van der Waals surface area contributed by atoms with E-state index in [9.17, 15) is 5.11 Å². The van der Waals surface area contributed by atoms with E-state index in [0.29, 0.717) is 33.0 Å². The summed E-state index contributed by atoms with van der Waals surface area (Å²) in [5, 5.41) is 12.8. The van der Waals surface area contributed by atoms with Crippen LogP contribution in [0.2, 0.25) is 0 Å². The fourth-order valence-electron chi connectivity index (χ4n) is 7.20. The highest BCUT2D eigenvalue weighted by Crippen LogP contribution is 2.62. The molecule has 49 heavy (non-hydrogen) atoms. The van der Waals surface area contributed by atoms with Crippen molar-refractivity contribution in [2.75, 3.05) is 0 Å². The second kappa shape index (κ2) is 15.2. The van der Waals surface area contributed by atoms with Crippen molar-refractivity contribution in [2.45, 2.75) is 75.6 Å². The van der Waals surface area contributed by atoms with Crippen LogP contribution in [0.15, 0.2) is 152 Å². The minimum absolute atomic E-state index is 0.293. The molecule has 7 atom stereocenters. The number of benzene rings is 5. The second-order valence-corrected chi connectivity index (χ2v) is 13.2. The van der Waals surface area contributed by atoms with Gasteiger partial charge < -0.3 is 28.8 Å². The Morgan fingerprint density at radius 3 is 1.10 bits per heavy atom. The molecule has 6 nitrogen and oxygen atoms in total. The average Bonchev–Trinajstić information content (AvgIpc) is 3.76. The van der Waals surface area contributed by atoms with E-state index >= 15 is 0 Å². The van der Waals surface area contributed by atoms with Gasteiger partial charge in [0.25, 0.3) is 0 Å². The lowest BCUT2D eigenvalue weighted by molar-refractivity contribution is -0.285. The van der Waals surface area contributed by atoms with Crippen molar-refractivity contribution < 1.29 is 28.8 Å². The van der Waals surface area contributed by atoms with Crippen LogP contribution in [0.4, 0.5) is 0 Å². The highest BCUT2D eigenvalue weighted by atomic mass is 16.6. The first-order valence-electron chi connectivity index (χ1n) is 17.1. The highest BCUT2D eigenvalue weighted by Gasteiger charge is 2.81. The van der Waals surface area contributed by atoms with E-state index < -0.39 is 41.5 Å². The van der Waals surface area contributed by atoms with Crippen molar-refractivity contribution in [3.05, 3.63) is 179 Å². The number of hydrogen-bond acceptors (Lipinski definition) is 6. The number of rotatable bonds is 15. The van der Waals surface area contributed by atoms with Crippen molar-refractivity contribution in [1.82, 2.24) is 0 Å². The van der Waals surface area contributed by atoms with Crippen molar-refractivity contribution in [2.24, 2.45) is 5.92 Å². The second-order valence-electron chi connectivity index (χ2n) is 13.2. The summed E-state index contributed by atoms with van der Waals surface area (Å²) in [6.07, 6.45) is -2.65. The van der Waals surface area contributed by atoms with Gasteiger partial charge in [0.15, 0.2) is 0 Å². The Hall–Kier alpha value is -4.14. The quantitative estimate of drug-likeness (QED) is 0.125. The summed E-state index contributed by atoms with van der Waals surface area (Å²) in [5.41, 5.74) is 2.67. The first-order chi connectivity index (χ1) is 24.1. The maximum Gasteiger partial charge on any atom is 0.128 e. The standard InChI is InChI=1S/C43H44O6/c1-42(49-31-36-25-15-6-16-26-36)38(45-27-32-17-7-2-8-18-32)37-39(46-28-33-19-9-3-10-20-33)43(37,44)41(48-30-35-23-13-5-14-24-35)40(42)47-29-34-21-11-4-12-22-34/h2-26,37-41,44H,27-31H2,1H3. The van der Waals surface area contributed by atoms with Gasteiger partial charge in [-0.3, -0.25) is 0 Å². The van der Waals surface area contributed by atoms with E-state index in [4.69, 9.17) is 23.7 Å². The van der Waals surface area contributed by atoms with E-state index in [1.54, 1.807) is 0 Å². The summed E-state index contributed by atoms with van der Waals surface area (Å²) >= 11 is 0. The predicted molar refractivity (Wildman–Crippen MR) is 188 cm³/mol. The molecule has 5 aromatic carbocycles. The predicted octanol–water partition coefficient (Wildman–Crippen LogP) is 7.68. The molecule has 2 aliphatic rings. The van der Waals surface area contributed by atoms with Crippen molar-refractivity contribution in [3.8, 4) is 0 Å². The summed E-state index contributed by atoms with van der Waals surface area (Å²) in [6.45, 7) is 3.67. The van der Waals surface area contributed by atoms with Crippen molar-refractivity contribution in [3.63, 3.8) is 0 Å². The zero-order chi connectivity index (χ0) is 33.5. The van der Waals surface area contributed by atoms with Gasteiger partial charge in [-0.25, -0.2) is 0 Å². The fraction of sp³-hybridized carbons (Fsp3) is 0.302. The molecule has 6 heteroatoms. The lowest BCUT2D eigenvalue weighted by Gasteiger charge is -2.50. The van der Waals surface area contributed by atoms with Crippen LogP contribution in [0.5, 0.6) is 0 Å². The van der Waals surface area contributed by atoms with Crippen molar-refractivity contribution >= 4 is 0 Å². The molecular formula is C43H44O6. The molecule has 0 heterocycles. The molecule has 2 saturated carbocycles. The van der Waals surface area contributed by atoms with E-state index in [2.05, 4.69) is 12.1 Å². The molecule has 5 aromatic rings. The molecule has 0 aliphatic heterocycles. The minimum Gasteiger partial charge on any atom is -0.384 e. The molecule has 0 aromatic heterocycles. The van der Waals surface area contributed by atoms with Crippen molar-refractivity contribution in [1.29, 1.82) is 0 Å². The molecule has 252 valence electrons. The van der Waals surface area contributed by atoms with Gasteiger partial charge >= 0.3 is 0 Å². The van der Waals surface area contributed by atoms with Crippen LogP contribution in [0, 0.1) is 5.92 Å². The minimum atomic E-state index is -1.39. The van der Waals surface area contributed by atoms with E-state index in [1.807, 2.05) is 146 Å². The normalized spacial score (nSPS) is 27.3. The van der Waals surface area contributed by atoms with Crippen LogP contribution >= 0.6 is 0 Å². The molecule has 2 fully saturated rings. The summed E-state index contributed by atoms with van der Waals surface area (Å²) in [6, 6.07) is 50.3. The van der Waals surface area contributed by atoms with Crippen LogP contribution in [0.25, 0.3) is 0 Å². The van der Waals surface area contributed by atoms with Gasteiger partial charge in [-0.15, -0.1) is 0 Å². The van der Waals surface area contributed by atoms with Gasteiger partial charge in [-0.2, -0.15) is 0 Å². The summed E-state index contributed by atoms with van der Waals surface area (Å²) in [5.74, 6) is -0.432. The molecule has 0 amide bonds. The first kappa shape index (κ1) is 33.4. The third-order valence-corrected chi connectivity index (χ3v) is 9.88. The van der Waals surface area contributed by atoms with Gasteiger partial charge in [0.05, 0.1) is 51.2 Å². The molecule has 1 N–H and O–H groups in total. The van der Waals surface area contributed by atoms with Crippen LogP contribution < -0.4 is 0 Å². The third kappa shape index (κ3) is 7.41. The van der Waals surface area contributed by atoms with E-state index in [1.165, 1.54) is 0 Å². The summed E-state index contributed by atoms with van der Waals surface area (Å²) in [4.78, 5) is 0. The maximum atomic E-state index is 12.8. The van der Waals surface area contributed by atoms with Crippen LogP contribution in [0.3, 0.4) is 0 Å². The SMILES string of the molecule is CC1(OCc2ccccc2)C(OCc2ccccc2)C(OCc2ccccc2)C2(O)C(OCc3ccccc3)C2C1OCc1ccccc1. The lowest BCUT2D eigenvalue weighted by atomic mass is 9.77. The number of hydrogen-bond donors (Lipinski definition) is 1. The largest absolute Gasteiger partial charge is 0.384 e. The molecule has 0 radical (unpaired) electrons. The number of fused-ring (bicyclic) bond motifs is 1. The zero-order valence-electron chi connectivity index (χ0n) is 27.8. The van der Waals surface area contributed by atoms with Crippen LogP contribution in [0.1, 0.15) is 34.7 Å². The van der Waals surface area contributed by atoms with Gasteiger partial charge in [0.2, 0.25) is 0 Å². The molecule has 0 bridgehead atoms. The third-order valence-electron chi connectivity index (χ3n) is 9.88. The molecule has 2 aliphatic carbocycles. The topological polar surface area (TPSA) is 66.4 Å². The van der Waals surface area contributed by atoms with Crippen LogP contribution in [-0.2, 0) is 56.7 Å². The lowest BCUT2D eigenvalue weighted by Crippen LogP contribution is -2.67. The Labute approximate surface area is 289 Å². The molecule has 7 unspecified atom stereocenters. The molecular weight excluding hydrogens is 612 g/mol. The van der Waals surface area contributed by atoms with Gasteiger partial charge in [-0.05, 0) is 34.7 Å². The molecule has 0 saturated heterocycles. The Morgan fingerprint density at radius 2 is 0.714 bits per heavy atom. The Kier molecular flexibility index (Phi) is 10.3. The molecule has 7 rings (SSSR count). The van der Waals surface area contributed by atoms with Gasteiger partial charge in [0, 0.05) is 0 Å². The Morgan fingerprint density at radius 1 is 0.408 bits per heavy atom. The summed E-state index contributed by atoms with van der Waals surface area (Å²) < 4.78 is 34.1. The van der Waals surface area contributed by atoms with E-state index in [-0.39, 0.29) is 0 Å². The highest BCUT2D eigenvalue weighted by molar-refractivity contribution is 5.32. The Balaban J connectivity index is 1.27. The van der Waals surface area contributed by atoms with Gasteiger partial charge in [0.1, 0.15) is 23.4 Å². The van der Waals surface area contributed by atoms with Crippen LogP contribution in [-0.4, -0.2) is 40.7 Å². The first-order valence-corrected chi connectivity index (χ1v) is 17.1. The smallest absolute Gasteiger partial charge is 0.128 e. The average molecular weight is 657 g/mol.